The second-order valence-corrected chi connectivity index (χ2v) is 6.51. The van der Waals surface area contributed by atoms with E-state index >= 15 is 0 Å². The van der Waals surface area contributed by atoms with Gasteiger partial charge in [-0.05, 0) is 31.1 Å². The van der Waals surface area contributed by atoms with Gasteiger partial charge in [0.25, 0.3) is 0 Å². The molecule has 19 heavy (non-hydrogen) atoms. The maximum Gasteiger partial charge on any atom is 0.324 e. The molecule has 0 spiro atoms. The molecule has 4 nitrogen and oxygen atoms in total. The monoisotopic (exact) mass is 268 g/mol. The zero-order chi connectivity index (χ0) is 13.9. The van der Waals surface area contributed by atoms with Crippen LogP contribution in [-0.4, -0.2) is 47.7 Å². The molecule has 1 heterocycles. The van der Waals surface area contributed by atoms with Gasteiger partial charge in [0, 0.05) is 26.2 Å². The average Bonchev–Trinajstić information content (AvgIpc) is 2.63. The van der Waals surface area contributed by atoms with Gasteiger partial charge in [-0.3, -0.25) is 9.69 Å². The third kappa shape index (κ3) is 3.11. The van der Waals surface area contributed by atoms with E-state index in [0.29, 0.717) is 11.8 Å². The van der Waals surface area contributed by atoms with Crippen molar-refractivity contribution in [1.82, 2.24) is 10.2 Å². The van der Waals surface area contributed by atoms with Crippen LogP contribution in [0, 0.1) is 11.8 Å². The van der Waals surface area contributed by atoms with E-state index in [1.54, 1.807) is 0 Å². The van der Waals surface area contributed by atoms with Gasteiger partial charge in [-0.25, -0.2) is 0 Å². The second-order valence-electron chi connectivity index (χ2n) is 6.51. The Morgan fingerprint density at radius 3 is 2.53 bits per heavy atom. The quantitative estimate of drug-likeness (QED) is 0.768. The number of piperazine rings is 1. The molecule has 1 saturated carbocycles. The van der Waals surface area contributed by atoms with E-state index in [1.807, 2.05) is 0 Å². The minimum Gasteiger partial charge on any atom is -0.480 e. The molecule has 1 aliphatic heterocycles. The maximum atomic E-state index is 11.9. The summed E-state index contributed by atoms with van der Waals surface area (Å²) in [6.45, 7) is 8.12. The Balaban J connectivity index is 2.12. The van der Waals surface area contributed by atoms with Gasteiger partial charge < -0.3 is 10.4 Å². The number of aliphatic carboxylic acids is 1. The van der Waals surface area contributed by atoms with Gasteiger partial charge in [0.1, 0.15) is 5.54 Å². The van der Waals surface area contributed by atoms with Crippen LogP contribution in [-0.2, 0) is 4.79 Å². The fourth-order valence-electron chi connectivity index (χ4n) is 3.78. The standard InChI is InChI=1S/C15H28N2O2/c1-12(2)13-4-3-6-15(7-5-13,14(18)19)17-10-8-16-9-11-17/h12-13,16H,3-11H2,1-2H3,(H,18,19). The Labute approximate surface area is 116 Å². The first kappa shape index (κ1) is 14.8. The van der Waals surface area contributed by atoms with Crippen molar-refractivity contribution in [3.8, 4) is 0 Å². The lowest BCUT2D eigenvalue weighted by Crippen LogP contribution is -2.60. The van der Waals surface area contributed by atoms with E-state index in [0.717, 1.165) is 51.9 Å². The molecule has 0 aromatic carbocycles. The number of carbonyl (C=O) groups is 1. The summed E-state index contributed by atoms with van der Waals surface area (Å²) in [5, 5.41) is 13.1. The minimum atomic E-state index is -0.598. The Morgan fingerprint density at radius 1 is 1.26 bits per heavy atom. The maximum absolute atomic E-state index is 11.9. The molecule has 2 aliphatic rings. The molecular formula is C15H28N2O2. The normalized spacial score (nSPS) is 34.2. The van der Waals surface area contributed by atoms with Crippen LogP contribution in [0.3, 0.4) is 0 Å². The summed E-state index contributed by atoms with van der Waals surface area (Å²) in [6, 6.07) is 0. The van der Waals surface area contributed by atoms with Crippen molar-refractivity contribution in [3.63, 3.8) is 0 Å². The van der Waals surface area contributed by atoms with E-state index in [1.165, 1.54) is 6.42 Å². The zero-order valence-electron chi connectivity index (χ0n) is 12.3. The molecule has 0 radical (unpaired) electrons. The summed E-state index contributed by atoms with van der Waals surface area (Å²) >= 11 is 0. The zero-order valence-corrected chi connectivity index (χ0v) is 12.3. The Hall–Kier alpha value is -0.610. The summed E-state index contributed by atoms with van der Waals surface area (Å²) in [5.74, 6) is 0.774. The lowest BCUT2D eigenvalue weighted by Gasteiger charge is -2.42. The molecule has 2 N–H and O–H groups in total. The number of hydrogen-bond donors (Lipinski definition) is 2. The van der Waals surface area contributed by atoms with Gasteiger partial charge in [-0.2, -0.15) is 0 Å². The van der Waals surface area contributed by atoms with Crippen LogP contribution in [0.4, 0.5) is 0 Å². The molecule has 0 bridgehead atoms. The number of nitrogens with one attached hydrogen (secondary N) is 1. The fourth-order valence-corrected chi connectivity index (χ4v) is 3.78. The van der Waals surface area contributed by atoms with Crippen molar-refractivity contribution in [2.75, 3.05) is 26.2 Å². The topological polar surface area (TPSA) is 52.6 Å². The van der Waals surface area contributed by atoms with Crippen molar-refractivity contribution in [2.24, 2.45) is 11.8 Å². The summed E-state index contributed by atoms with van der Waals surface area (Å²) in [7, 11) is 0. The average molecular weight is 268 g/mol. The van der Waals surface area contributed by atoms with Gasteiger partial charge in [0.05, 0.1) is 0 Å². The summed E-state index contributed by atoms with van der Waals surface area (Å²) in [4.78, 5) is 14.2. The number of nitrogens with zero attached hydrogens (tertiary/aromatic N) is 1. The van der Waals surface area contributed by atoms with Crippen molar-refractivity contribution in [3.05, 3.63) is 0 Å². The minimum absolute atomic E-state index is 0.592. The Morgan fingerprint density at radius 2 is 1.95 bits per heavy atom. The van der Waals surface area contributed by atoms with Crippen molar-refractivity contribution in [1.29, 1.82) is 0 Å². The smallest absolute Gasteiger partial charge is 0.324 e. The fraction of sp³-hybridized carbons (Fsp3) is 0.933. The molecule has 0 aromatic rings. The van der Waals surface area contributed by atoms with Crippen molar-refractivity contribution >= 4 is 5.97 Å². The molecule has 2 unspecified atom stereocenters. The Kier molecular flexibility index (Phi) is 4.85. The molecule has 4 heteroatoms. The first-order valence-corrected chi connectivity index (χ1v) is 7.75. The lowest BCUT2D eigenvalue weighted by molar-refractivity contribution is -0.153. The SMILES string of the molecule is CC(C)C1CCCC(C(=O)O)(N2CCNCC2)CC1. The molecule has 2 atom stereocenters. The number of hydrogen-bond acceptors (Lipinski definition) is 3. The lowest BCUT2D eigenvalue weighted by atomic mass is 9.85. The van der Waals surface area contributed by atoms with Gasteiger partial charge in [-0.15, -0.1) is 0 Å². The van der Waals surface area contributed by atoms with E-state index < -0.39 is 11.5 Å². The van der Waals surface area contributed by atoms with Gasteiger partial charge in [0.15, 0.2) is 0 Å². The molecule has 1 aliphatic carbocycles. The van der Waals surface area contributed by atoms with Crippen molar-refractivity contribution < 1.29 is 9.90 Å². The van der Waals surface area contributed by atoms with Crippen molar-refractivity contribution in [2.45, 2.75) is 51.5 Å². The molecule has 2 fully saturated rings. The van der Waals surface area contributed by atoms with E-state index in [-0.39, 0.29) is 0 Å². The first-order chi connectivity index (χ1) is 9.06. The van der Waals surface area contributed by atoms with Gasteiger partial charge in [-0.1, -0.05) is 26.7 Å². The van der Waals surface area contributed by atoms with Crippen LogP contribution in [0.15, 0.2) is 0 Å². The summed E-state index contributed by atoms with van der Waals surface area (Å²) in [6.07, 6.45) is 4.96. The third-order valence-corrected chi connectivity index (χ3v) is 5.16. The largest absolute Gasteiger partial charge is 0.480 e. The molecule has 110 valence electrons. The predicted molar refractivity (Wildman–Crippen MR) is 76.2 cm³/mol. The molecular weight excluding hydrogens is 240 g/mol. The summed E-state index contributed by atoms with van der Waals surface area (Å²) in [5.41, 5.74) is -0.592. The highest BCUT2D eigenvalue weighted by atomic mass is 16.4. The van der Waals surface area contributed by atoms with Crippen LogP contribution < -0.4 is 5.32 Å². The third-order valence-electron chi connectivity index (χ3n) is 5.16. The Bertz CT molecular complexity index is 313. The highest BCUT2D eigenvalue weighted by Crippen LogP contribution is 2.37. The van der Waals surface area contributed by atoms with E-state index in [2.05, 4.69) is 24.1 Å². The number of carboxylic acid groups (broad SMARTS) is 1. The van der Waals surface area contributed by atoms with Crippen LogP contribution in [0.25, 0.3) is 0 Å². The van der Waals surface area contributed by atoms with Crippen LogP contribution in [0.1, 0.15) is 46.0 Å². The summed E-state index contributed by atoms with van der Waals surface area (Å²) < 4.78 is 0. The molecule has 0 aromatic heterocycles. The predicted octanol–water partition coefficient (Wildman–Crippen LogP) is 1.95. The van der Waals surface area contributed by atoms with Gasteiger partial charge >= 0.3 is 5.97 Å². The van der Waals surface area contributed by atoms with Crippen LogP contribution >= 0.6 is 0 Å². The number of rotatable bonds is 3. The first-order valence-electron chi connectivity index (χ1n) is 7.75. The van der Waals surface area contributed by atoms with E-state index in [4.69, 9.17) is 0 Å². The second kappa shape index (κ2) is 6.23. The molecule has 1 saturated heterocycles. The molecule has 0 amide bonds. The highest BCUT2D eigenvalue weighted by molar-refractivity contribution is 5.78. The molecule has 2 rings (SSSR count). The van der Waals surface area contributed by atoms with E-state index in [9.17, 15) is 9.90 Å². The highest BCUT2D eigenvalue weighted by Gasteiger charge is 2.45. The van der Waals surface area contributed by atoms with Crippen LogP contribution in [0.2, 0.25) is 0 Å². The number of carboxylic acids is 1. The van der Waals surface area contributed by atoms with Crippen LogP contribution in [0.5, 0.6) is 0 Å². The van der Waals surface area contributed by atoms with Gasteiger partial charge in [0.2, 0.25) is 0 Å².